The highest BCUT2D eigenvalue weighted by atomic mass is 35.5. The van der Waals surface area contributed by atoms with E-state index < -0.39 is 0 Å². The molecule has 3 aliphatic heterocycles. The Hall–Kier alpha value is -1.06. The summed E-state index contributed by atoms with van der Waals surface area (Å²) in [5.41, 5.74) is 0.688. The molecule has 3 nitrogen and oxygen atoms in total. The van der Waals surface area contributed by atoms with Crippen molar-refractivity contribution in [1.82, 2.24) is 10.2 Å². The number of fused-ring (bicyclic) bond motifs is 4. The molecule has 0 aromatic heterocycles. The number of carbonyl (C=O) groups excluding carboxylic acids is 1. The highest BCUT2D eigenvalue weighted by molar-refractivity contribution is 6.30. The van der Waals surface area contributed by atoms with E-state index in [4.69, 9.17) is 11.6 Å². The van der Waals surface area contributed by atoms with Crippen molar-refractivity contribution in [1.29, 1.82) is 0 Å². The van der Waals surface area contributed by atoms with Crippen LogP contribution in [0.2, 0.25) is 5.02 Å². The zero-order valence-electron chi connectivity index (χ0n) is 11.8. The summed E-state index contributed by atoms with van der Waals surface area (Å²) in [4.78, 5) is 14.8. The highest BCUT2D eigenvalue weighted by Crippen LogP contribution is 2.31. The Morgan fingerprint density at radius 3 is 2.55 bits per heavy atom. The van der Waals surface area contributed by atoms with E-state index in [0.717, 1.165) is 12.5 Å². The monoisotopic (exact) mass is 292 g/mol. The molecule has 3 saturated heterocycles. The van der Waals surface area contributed by atoms with Gasteiger partial charge in [0.05, 0.1) is 0 Å². The third kappa shape index (κ3) is 2.84. The van der Waals surface area contributed by atoms with Gasteiger partial charge in [-0.2, -0.15) is 0 Å². The number of hydrogen-bond acceptors (Lipinski definition) is 2. The van der Waals surface area contributed by atoms with Gasteiger partial charge in [0, 0.05) is 23.2 Å². The first-order valence-corrected chi connectivity index (χ1v) is 7.80. The van der Waals surface area contributed by atoms with Crippen molar-refractivity contribution in [2.75, 3.05) is 19.6 Å². The number of nitrogens with one attached hydrogen (secondary N) is 1. The summed E-state index contributed by atoms with van der Waals surface area (Å²) in [6.07, 6.45) is 2.54. The number of carbonyl (C=O) groups is 1. The molecule has 108 valence electrons. The standard InChI is InChI=1S/C16H21ClN2O/c1-11-12-6-8-19(9-7-12)10-15(11)18-16(20)13-2-4-14(17)5-3-13/h2-5,11-12,15H,6-10H2,1H3,(H,18,20). The molecule has 3 heterocycles. The third-order valence-electron chi connectivity index (χ3n) is 4.89. The van der Waals surface area contributed by atoms with E-state index in [9.17, 15) is 4.79 Å². The fourth-order valence-electron chi connectivity index (χ4n) is 3.46. The van der Waals surface area contributed by atoms with Gasteiger partial charge in [-0.1, -0.05) is 18.5 Å². The number of piperidine rings is 1. The number of nitrogens with zero attached hydrogens (tertiary/aromatic N) is 1. The van der Waals surface area contributed by atoms with Crippen molar-refractivity contribution in [2.24, 2.45) is 11.8 Å². The van der Waals surface area contributed by atoms with Crippen molar-refractivity contribution in [3.05, 3.63) is 34.9 Å². The van der Waals surface area contributed by atoms with E-state index in [1.54, 1.807) is 24.3 Å². The van der Waals surface area contributed by atoms with Crippen molar-refractivity contribution >= 4 is 17.5 Å². The zero-order valence-corrected chi connectivity index (χ0v) is 12.6. The average molecular weight is 293 g/mol. The van der Waals surface area contributed by atoms with Crippen molar-refractivity contribution < 1.29 is 4.79 Å². The molecule has 20 heavy (non-hydrogen) atoms. The lowest BCUT2D eigenvalue weighted by Gasteiger charge is -2.27. The number of rotatable bonds is 2. The third-order valence-corrected chi connectivity index (χ3v) is 5.14. The number of amides is 1. The Labute approximate surface area is 125 Å². The van der Waals surface area contributed by atoms with Gasteiger partial charge in [0.1, 0.15) is 0 Å². The Morgan fingerprint density at radius 2 is 1.90 bits per heavy atom. The minimum Gasteiger partial charge on any atom is -0.348 e. The normalized spacial score (nSPS) is 32.7. The number of hydrogen-bond donors (Lipinski definition) is 1. The molecule has 3 aliphatic rings. The summed E-state index contributed by atoms with van der Waals surface area (Å²) < 4.78 is 0. The van der Waals surface area contributed by atoms with Gasteiger partial charge in [-0.15, -0.1) is 0 Å². The Morgan fingerprint density at radius 1 is 1.25 bits per heavy atom. The second-order valence-corrected chi connectivity index (χ2v) is 6.52. The molecule has 0 radical (unpaired) electrons. The predicted octanol–water partition coefficient (Wildman–Crippen LogP) is 2.80. The van der Waals surface area contributed by atoms with Crippen LogP contribution in [-0.2, 0) is 0 Å². The van der Waals surface area contributed by atoms with Crippen molar-refractivity contribution in [3.63, 3.8) is 0 Å². The quantitative estimate of drug-likeness (QED) is 0.909. The van der Waals surface area contributed by atoms with Gasteiger partial charge in [0.25, 0.3) is 5.91 Å². The van der Waals surface area contributed by atoms with Crippen LogP contribution < -0.4 is 5.32 Å². The summed E-state index contributed by atoms with van der Waals surface area (Å²) in [6, 6.07) is 7.36. The van der Waals surface area contributed by atoms with E-state index in [0.29, 0.717) is 16.5 Å². The summed E-state index contributed by atoms with van der Waals surface area (Å²) in [5.74, 6) is 1.32. The first-order chi connectivity index (χ1) is 9.63. The van der Waals surface area contributed by atoms with Crippen LogP contribution >= 0.6 is 11.6 Å². The van der Waals surface area contributed by atoms with Gasteiger partial charge in [-0.25, -0.2) is 0 Å². The van der Waals surface area contributed by atoms with Crippen LogP contribution in [0.4, 0.5) is 0 Å². The van der Waals surface area contributed by atoms with E-state index in [2.05, 4.69) is 17.1 Å². The van der Waals surface area contributed by atoms with E-state index in [1.165, 1.54) is 25.9 Å². The molecular formula is C16H21ClN2O. The van der Waals surface area contributed by atoms with Crippen LogP contribution in [0.5, 0.6) is 0 Å². The van der Waals surface area contributed by atoms with Crippen LogP contribution in [0.15, 0.2) is 24.3 Å². The minimum absolute atomic E-state index is 0.0148. The molecule has 0 saturated carbocycles. The van der Waals surface area contributed by atoms with Crippen LogP contribution in [0.25, 0.3) is 0 Å². The van der Waals surface area contributed by atoms with E-state index >= 15 is 0 Å². The maximum Gasteiger partial charge on any atom is 0.251 e. The Kier molecular flexibility index (Phi) is 3.99. The molecule has 0 spiro atoms. The largest absolute Gasteiger partial charge is 0.348 e. The molecule has 1 aromatic rings. The van der Waals surface area contributed by atoms with Gasteiger partial charge >= 0.3 is 0 Å². The summed E-state index contributed by atoms with van der Waals surface area (Å²) in [6.45, 7) is 5.63. The second kappa shape index (κ2) is 5.74. The average Bonchev–Trinajstić information content (AvgIpc) is 2.69. The van der Waals surface area contributed by atoms with E-state index in [1.807, 2.05) is 0 Å². The van der Waals surface area contributed by atoms with Crippen molar-refractivity contribution in [2.45, 2.75) is 25.8 Å². The lowest BCUT2D eigenvalue weighted by atomic mass is 9.84. The Bertz CT molecular complexity index is 480. The van der Waals surface area contributed by atoms with Crippen LogP contribution in [0.3, 0.4) is 0 Å². The SMILES string of the molecule is CC1C2CCN(CC2)CC1NC(=O)c1ccc(Cl)cc1. The molecule has 4 rings (SSSR count). The lowest BCUT2D eigenvalue weighted by molar-refractivity contribution is 0.0915. The molecule has 1 aromatic carbocycles. The minimum atomic E-state index is 0.0148. The molecular weight excluding hydrogens is 272 g/mol. The predicted molar refractivity (Wildman–Crippen MR) is 81.0 cm³/mol. The molecule has 2 unspecified atom stereocenters. The van der Waals surface area contributed by atoms with Gasteiger partial charge in [0.2, 0.25) is 0 Å². The summed E-state index contributed by atoms with van der Waals surface area (Å²) in [5, 5.41) is 3.88. The molecule has 1 N–H and O–H groups in total. The molecule has 0 aliphatic carbocycles. The number of benzene rings is 1. The molecule has 3 fully saturated rings. The smallest absolute Gasteiger partial charge is 0.251 e. The van der Waals surface area contributed by atoms with Crippen LogP contribution in [-0.4, -0.2) is 36.5 Å². The van der Waals surface area contributed by atoms with Crippen LogP contribution in [0, 0.1) is 11.8 Å². The van der Waals surface area contributed by atoms with Gasteiger partial charge in [-0.3, -0.25) is 4.79 Å². The van der Waals surface area contributed by atoms with E-state index in [-0.39, 0.29) is 11.9 Å². The van der Waals surface area contributed by atoms with Gasteiger partial charge in [0.15, 0.2) is 0 Å². The zero-order chi connectivity index (χ0) is 14.1. The first-order valence-electron chi connectivity index (χ1n) is 7.42. The summed E-state index contributed by atoms with van der Waals surface area (Å²) >= 11 is 5.86. The molecule has 4 heteroatoms. The maximum absolute atomic E-state index is 12.3. The topological polar surface area (TPSA) is 32.3 Å². The Balaban J connectivity index is 1.70. The molecule has 2 bridgehead atoms. The van der Waals surface area contributed by atoms with Crippen molar-refractivity contribution in [3.8, 4) is 0 Å². The molecule has 2 atom stereocenters. The summed E-state index contributed by atoms with van der Waals surface area (Å²) in [7, 11) is 0. The number of halogens is 1. The maximum atomic E-state index is 12.3. The first kappa shape index (κ1) is 13.9. The van der Waals surface area contributed by atoms with Crippen LogP contribution in [0.1, 0.15) is 30.1 Å². The fourth-order valence-corrected chi connectivity index (χ4v) is 3.59. The highest BCUT2D eigenvalue weighted by Gasteiger charge is 2.35. The fraction of sp³-hybridized carbons (Fsp3) is 0.562. The second-order valence-electron chi connectivity index (χ2n) is 6.08. The lowest BCUT2D eigenvalue weighted by Crippen LogP contribution is -2.45. The molecule has 1 amide bonds. The van der Waals surface area contributed by atoms with Gasteiger partial charge in [-0.05, 0) is 62.0 Å². The van der Waals surface area contributed by atoms with Gasteiger partial charge < -0.3 is 10.2 Å².